The van der Waals surface area contributed by atoms with E-state index in [1.54, 1.807) is 12.4 Å². The number of rotatable bonds is 5. The molecule has 21 heavy (non-hydrogen) atoms. The van der Waals surface area contributed by atoms with E-state index in [-0.39, 0.29) is 6.04 Å². The number of nitrogens with zero attached hydrogens (tertiary/aromatic N) is 4. The quantitative estimate of drug-likeness (QED) is 0.551. The van der Waals surface area contributed by atoms with Crippen molar-refractivity contribution in [2.75, 3.05) is 0 Å². The maximum absolute atomic E-state index is 5.73. The van der Waals surface area contributed by atoms with Crippen LogP contribution in [0.2, 0.25) is 0 Å². The summed E-state index contributed by atoms with van der Waals surface area (Å²) in [5.74, 6) is 6.58. The molecule has 2 heterocycles. The van der Waals surface area contributed by atoms with Gasteiger partial charge in [-0.3, -0.25) is 10.8 Å². The first-order chi connectivity index (χ1) is 10.3. The van der Waals surface area contributed by atoms with Gasteiger partial charge in [-0.2, -0.15) is 0 Å². The topological polar surface area (TPSA) is 81.7 Å². The van der Waals surface area contributed by atoms with E-state index in [1.165, 1.54) is 0 Å². The summed E-state index contributed by atoms with van der Waals surface area (Å²) in [6.07, 6.45) is 6.52. The van der Waals surface area contributed by atoms with Crippen molar-refractivity contribution in [3.05, 3.63) is 54.4 Å². The van der Waals surface area contributed by atoms with Crippen molar-refractivity contribution in [3.63, 3.8) is 0 Å². The highest BCUT2D eigenvalue weighted by Crippen LogP contribution is 2.20. The second-order valence-corrected chi connectivity index (χ2v) is 4.86. The van der Waals surface area contributed by atoms with Crippen molar-refractivity contribution in [2.24, 2.45) is 5.84 Å². The lowest BCUT2D eigenvalue weighted by molar-refractivity contribution is 0.536. The third-order valence-corrected chi connectivity index (χ3v) is 3.40. The fourth-order valence-corrected chi connectivity index (χ4v) is 2.41. The summed E-state index contributed by atoms with van der Waals surface area (Å²) in [6, 6.07) is 7.50. The molecule has 1 unspecified atom stereocenters. The highest BCUT2D eigenvalue weighted by atomic mass is 15.3. The van der Waals surface area contributed by atoms with Crippen LogP contribution in [0.25, 0.3) is 11.0 Å². The molecule has 6 heteroatoms. The van der Waals surface area contributed by atoms with Crippen molar-refractivity contribution in [2.45, 2.75) is 25.9 Å². The normalized spacial score (nSPS) is 12.7. The minimum absolute atomic E-state index is 0.274. The standard InChI is InChI=1S/C15H18N6/c1-2-8-21-9-7-17-15(21)14(20-16)13-10-18-11-5-3-4-6-12(11)19-13/h3-7,9-10,14,20H,2,8,16H2,1H3. The molecule has 0 fully saturated rings. The molecule has 1 aromatic carbocycles. The van der Waals surface area contributed by atoms with Gasteiger partial charge in [0.15, 0.2) is 0 Å². The Morgan fingerprint density at radius 3 is 2.81 bits per heavy atom. The van der Waals surface area contributed by atoms with E-state index in [9.17, 15) is 0 Å². The molecular weight excluding hydrogens is 264 g/mol. The number of hydrogen-bond donors (Lipinski definition) is 2. The highest BCUT2D eigenvalue weighted by Gasteiger charge is 2.19. The number of nitrogens with two attached hydrogens (primary N) is 1. The number of aryl methyl sites for hydroxylation is 1. The third-order valence-electron chi connectivity index (χ3n) is 3.40. The van der Waals surface area contributed by atoms with Gasteiger partial charge in [0, 0.05) is 18.9 Å². The summed E-state index contributed by atoms with van der Waals surface area (Å²) in [4.78, 5) is 13.5. The second-order valence-electron chi connectivity index (χ2n) is 4.86. The van der Waals surface area contributed by atoms with Gasteiger partial charge in [0.25, 0.3) is 0 Å². The molecule has 108 valence electrons. The van der Waals surface area contributed by atoms with E-state index < -0.39 is 0 Å². The van der Waals surface area contributed by atoms with Crippen LogP contribution in [0.4, 0.5) is 0 Å². The first kappa shape index (κ1) is 13.7. The van der Waals surface area contributed by atoms with Gasteiger partial charge in [0.2, 0.25) is 0 Å². The number of fused-ring (bicyclic) bond motifs is 1. The minimum atomic E-state index is -0.274. The Morgan fingerprint density at radius 2 is 2.05 bits per heavy atom. The summed E-state index contributed by atoms with van der Waals surface area (Å²) in [7, 11) is 0. The maximum Gasteiger partial charge on any atom is 0.133 e. The van der Waals surface area contributed by atoms with E-state index in [4.69, 9.17) is 5.84 Å². The number of imidazole rings is 1. The SMILES string of the molecule is CCCn1ccnc1C(NN)c1cnc2ccccc2n1. The molecule has 3 rings (SSSR count). The maximum atomic E-state index is 5.73. The monoisotopic (exact) mass is 282 g/mol. The number of hydrogen-bond acceptors (Lipinski definition) is 5. The van der Waals surface area contributed by atoms with Crippen LogP contribution >= 0.6 is 0 Å². The number of nitrogens with one attached hydrogen (secondary N) is 1. The molecule has 0 saturated heterocycles. The zero-order chi connectivity index (χ0) is 14.7. The molecule has 0 amide bonds. The van der Waals surface area contributed by atoms with Crippen LogP contribution < -0.4 is 11.3 Å². The average molecular weight is 282 g/mol. The number of hydrazine groups is 1. The predicted molar refractivity (Wildman–Crippen MR) is 81.2 cm³/mol. The third kappa shape index (κ3) is 2.63. The Balaban J connectivity index is 2.03. The van der Waals surface area contributed by atoms with E-state index in [1.807, 2.05) is 30.5 Å². The summed E-state index contributed by atoms with van der Waals surface area (Å²) >= 11 is 0. The second kappa shape index (κ2) is 5.99. The van der Waals surface area contributed by atoms with Crippen molar-refractivity contribution >= 4 is 11.0 Å². The first-order valence-corrected chi connectivity index (χ1v) is 7.02. The molecule has 3 N–H and O–H groups in total. The summed E-state index contributed by atoms with van der Waals surface area (Å²) in [6.45, 7) is 3.03. The molecule has 2 aromatic heterocycles. The van der Waals surface area contributed by atoms with Gasteiger partial charge in [-0.25, -0.2) is 15.4 Å². The van der Waals surface area contributed by atoms with E-state index in [0.29, 0.717) is 0 Å². The Morgan fingerprint density at radius 1 is 1.24 bits per heavy atom. The van der Waals surface area contributed by atoms with Gasteiger partial charge < -0.3 is 4.57 Å². The number of aromatic nitrogens is 4. The average Bonchev–Trinajstić information content (AvgIpc) is 2.97. The van der Waals surface area contributed by atoms with Crippen LogP contribution in [-0.2, 0) is 6.54 Å². The van der Waals surface area contributed by atoms with Crippen LogP contribution in [0.15, 0.2) is 42.9 Å². The van der Waals surface area contributed by atoms with Gasteiger partial charge in [-0.1, -0.05) is 19.1 Å². The lowest BCUT2D eigenvalue weighted by Gasteiger charge is -2.16. The number of benzene rings is 1. The Bertz CT molecular complexity index is 736. The van der Waals surface area contributed by atoms with E-state index >= 15 is 0 Å². The lowest BCUT2D eigenvalue weighted by atomic mass is 10.2. The molecule has 0 bridgehead atoms. The Hall–Kier alpha value is -2.31. The Kier molecular flexibility index (Phi) is 3.89. The Labute approximate surface area is 123 Å². The van der Waals surface area contributed by atoms with E-state index in [2.05, 4.69) is 31.9 Å². The first-order valence-electron chi connectivity index (χ1n) is 7.02. The van der Waals surface area contributed by atoms with Crippen LogP contribution in [0.1, 0.15) is 30.9 Å². The summed E-state index contributed by atoms with van der Waals surface area (Å²) in [5, 5.41) is 0. The minimum Gasteiger partial charge on any atom is -0.333 e. The number of para-hydroxylation sites is 2. The predicted octanol–water partition coefficient (Wildman–Crippen LogP) is 1.79. The van der Waals surface area contributed by atoms with Crippen molar-refractivity contribution < 1.29 is 0 Å². The fraction of sp³-hybridized carbons (Fsp3) is 0.267. The van der Waals surface area contributed by atoms with Crippen molar-refractivity contribution in [3.8, 4) is 0 Å². The smallest absolute Gasteiger partial charge is 0.133 e. The molecule has 3 aromatic rings. The van der Waals surface area contributed by atoms with Crippen molar-refractivity contribution in [1.82, 2.24) is 24.9 Å². The highest BCUT2D eigenvalue weighted by molar-refractivity contribution is 5.73. The van der Waals surface area contributed by atoms with Crippen molar-refractivity contribution in [1.29, 1.82) is 0 Å². The zero-order valence-electron chi connectivity index (χ0n) is 11.9. The molecule has 1 atom stereocenters. The molecule has 0 radical (unpaired) electrons. The molecule has 0 aliphatic heterocycles. The van der Waals surface area contributed by atoms with Gasteiger partial charge >= 0.3 is 0 Å². The molecule has 0 saturated carbocycles. The van der Waals surface area contributed by atoms with Crippen LogP contribution in [0.5, 0.6) is 0 Å². The molecule has 0 aliphatic carbocycles. The fourth-order valence-electron chi connectivity index (χ4n) is 2.41. The molecular formula is C15H18N6. The van der Waals surface area contributed by atoms with Gasteiger partial charge in [-0.05, 0) is 18.6 Å². The summed E-state index contributed by atoms with van der Waals surface area (Å²) < 4.78 is 2.08. The van der Waals surface area contributed by atoms with Gasteiger partial charge in [0.1, 0.15) is 11.9 Å². The lowest BCUT2D eigenvalue weighted by Crippen LogP contribution is -2.32. The van der Waals surface area contributed by atoms with Gasteiger partial charge in [0.05, 0.1) is 22.9 Å². The molecule has 0 spiro atoms. The summed E-state index contributed by atoms with van der Waals surface area (Å²) in [5.41, 5.74) is 5.28. The van der Waals surface area contributed by atoms with E-state index in [0.717, 1.165) is 35.5 Å². The van der Waals surface area contributed by atoms with Crippen LogP contribution in [0.3, 0.4) is 0 Å². The largest absolute Gasteiger partial charge is 0.333 e. The van der Waals surface area contributed by atoms with Crippen LogP contribution in [-0.4, -0.2) is 19.5 Å². The zero-order valence-corrected chi connectivity index (χ0v) is 11.9. The molecule has 6 nitrogen and oxygen atoms in total. The van der Waals surface area contributed by atoms with Crippen LogP contribution in [0, 0.1) is 0 Å². The molecule has 0 aliphatic rings. The van der Waals surface area contributed by atoms with Gasteiger partial charge in [-0.15, -0.1) is 0 Å².